The highest BCUT2D eigenvalue weighted by molar-refractivity contribution is 7.87. The average Bonchev–Trinajstić information content (AvgIpc) is 1.80. The first-order chi connectivity index (χ1) is 6.00. The Hall–Kier alpha value is -0.660. The maximum atomic E-state index is 11.1. The molecular formula is C7H15NO5S. The summed E-state index contributed by atoms with van der Waals surface area (Å²) in [5.74, 6) is -1.80. The predicted molar refractivity (Wildman–Crippen MR) is 47.6 cm³/mol. The molecule has 1 N–H and O–H groups in total. The number of carbonyl (C=O) groups is 1. The summed E-state index contributed by atoms with van der Waals surface area (Å²) in [6.45, 7) is 1.37. The number of carbonyl (C=O) groups excluding carboxylic acids is 1. The van der Waals surface area contributed by atoms with Crippen molar-refractivity contribution >= 4 is 16.1 Å². The number of carboxylic acids is 1. The highest BCUT2D eigenvalue weighted by Gasteiger charge is 2.54. The Morgan fingerprint density at radius 2 is 1.79 bits per heavy atom. The van der Waals surface area contributed by atoms with E-state index in [-0.39, 0.29) is 6.42 Å². The van der Waals surface area contributed by atoms with E-state index in [9.17, 15) is 18.3 Å². The maximum Gasteiger partial charge on any atom is 0.328 e. The molecule has 0 radical (unpaired) electrons. The van der Waals surface area contributed by atoms with Crippen LogP contribution in [0.25, 0.3) is 0 Å². The molecule has 0 saturated heterocycles. The van der Waals surface area contributed by atoms with E-state index < -0.39 is 25.4 Å². The number of rotatable bonds is 4. The molecule has 14 heavy (non-hydrogen) atoms. The van der Waals surface area contributed by atoms with Gasteiger partial charge in [-0.2, -0.15) is 8.42 Å². The Labute approximate surface area is 83.5 Å². The third-order valence-electron chi connectivity index (χ3n) is 2.31. The lowest BCUT2D eigenvalue weighted by Crippen LogP contribution is -2.69. The van der Waals surface area contributed by atoms with Gasteiger partial charge in [-0.05, 0) is 0 Å². The molecule has 0 fully saturated rings. The smallest absolute Gasteiger partial charge is 0.328 e. The molecule has 1 unspecified atom stereocenters. The Morgan fingerprint density at radius 1 is 1.43 bits per heavy atom. The largest absolute Gasteiger partial charge is 0.543 e. The molecule has 0 rings (SSSR count). The summed E-state index contributed by atoms with van der Waals surface area (Å²) in [7, 11) is -0.619. The van der Waals surface area contributed by atoms with E-state index in [4.69, 9.17) is 4.55 Å². The van der Waals surface area contributed by atoms with Crippen molar-refractivity contribution in [2.75, 3.05) is 21.1 Å². The molecule has 0 aliphatic rings. The van der Waals surface area contributed by atoms with Crippen molar-refractivity contribution in [2.24, 2.45) is 0 Å². The lowest BCUT2D eigenvalue weighted by Gasteiger charge is -2.43. The summed E-state index contributed by atoms with van der Waals surface area (Å²) in [5.41, 5.74) is 0. The minimum atomic E-state index is -4.72. The fourth-order valence-electron chi connectivity index (χ4n) is 1.53. The molecule has 0 saturated carbocycles. The molecule has 0 aliphatic carbocycles. The molecule has 7 heteroatoms. The number of hydrogen-bond acceptors (Lipinski definition) is 4. The molecule has 0 aromatic rings. The van der Waals surface area contributed by atoms with Gasteiger partial charge in [0.2, 0.25) is 0 Å². The number of nitrogens with zero attached hydrogens (tertiary/aromatic N) is 1. The highest BCUT2D eigenvalue weighted by atomic mass is 32.2. The molecule has 0 spiro atoms. The van der Waals surface area contributed by atoms with Crippen LogP contribution in [-0.2, 0) is 14.9 Å². The molecule has 0 bridgehead atoms. The number of aliphatic carboxylic acids is 1. The van der Waals surface area contributed by atoms with Crippen molar-refractivity contribution in [3.8, 4) is 0 Å². The van der Waals surface area contributed by atoms with E-state index in [2.05, 4.69) is 0 Å². The molecule has 84 valence electrons. The second kappa shape index (κ2) is 3.48. The monoisotopic (exact) mass is 225 g/mol. The van der Waals surface area contributed by atoms with Gasteiger partial charge in [0.05, 0.1) is 21.1 Å². The zero-order chi connectivity index (χ0) is 11.8. The van der Waals surface area contributed by atoms with E-state index in [0.29, 0.717) is 0 Å². The van der Waals surface area contributed by atoms with Crippen LogP contribution in [0, 0.1) is 0 Å². The van der Waals surface area contributed by atoms with Crippen molar-refractivity contribution in [1.29, 1.82) is 0 Å². The summed E-state index contributed by atoms with van der Waals surface area (Å²) in [6, 6.07) is 0. The number of quaternary nitrogens is 1. The van der Waals surface area contributed by atoms with Gasteiger partial charge in [-0.25, -0.2) is 0 Å². The van der Waals surface area contributed by atoms with Crippen LogP contribution in [0.15, 0.2) is 0 Å². The van der Waals surface area contributed by atoms with E-state index >= 15 is 0 Å². The van der Waals surface area contributed by atoms with Crippen molar-refractivity contribution in [3.05, 3.63) is 0 Å². The summed E-state index contributed by atoms with van der Waals surface area (Å²) >= 11 is 0. The van der Waals surface area contributed by atoms with Gasteiger partial charge in [0.15, 0.2) is 0 Å². The number of carboxylic acid groups (broad SMARTS) is 1. The zero-order valence-corrected chi connectivity index (χ0v) is 9.46. The van der Waals surface area contributed by atoms with Crippen molar-refractivity contribution in [1.82, 2.24) is 0 Å². The molecule has 0 aromatic heterocycles. The van der Waals surface area contributed by atoms with Crippen LogP contribution in [-0.4, -0.2) is 49.4 Å². The summed E-state index contributed by atoms with van der Waals surface area (Å²) < 4.78 is 30.7. The first-order valence-corrected chi connectivity index (χ1v) is 5.44. The standard InChI is InChI=1S/C7H15NO5S/c1-5-7(6(9)10,8(2,3)4)14(11,12)13/h5H2,1-4H3,(H-,9,10,11,12,13). The minimum Gasteiger partial charge on any atom is -0.543 e. The van der Waals surface area contributed by atoms with Gasteiger partial charge < -0.3 is 14.4 Å². The van der Waals surface area contributed by atoms with Crippen LogP contribution in [0.1, 0.15) is 13.3 Å². The third kappa shape index (κ3) is 1.75. The van der Waals surface area contributed by atoms with Gasteiger partial charge in [0.1, 0.15) is 5.97 Å². The van der Waals surface area contributed by atoms with Gasteiger partial charge in [0, 0.05) is 6.42 Å². The quantitative estimate of drug-likeness (QED) is 0.461. The maximum absolute atomic E-state index is 11.1. The molecule has 6 nitrogen and oxygen atoms in total. The van der Waals surface area contributed by atoms with E-state index in [1.807, 2.05) is 0 Å². The lowest BCUT2D eigenvalue weighted by atomic mass is 10.1. The van der Waals surface area contributed by atoms with Crippen LogP contribution >= 0.6 is 0 Å². The zero-order valence-electron chi connectivity index (χ0n) is 8.64. The van der Waals surface area contributed by atoms with Crippen LogP contribution in [0.3, 0.4) is 0 Å². The normalized spacial score (nSPS) is 17.5. The number of hydrogen-bond donors (Lipinski definition) is 1. The van der Waals surface area contributed by atoms with Gasteiger partial charge in [-0.1, -0.05) is 6.92 Å². The van der Waals surface area contributed by atoms with Crippen LogP contribution < -0.4 is 5.11 Å². The summed E-state index contributed by atoms with van der Waals surface area (Å²) in [5, 5.41) is 10.9. The lowest BCUT2D eigenvalue weighted by molar-refractivity contribution is -0.900. The molecule has 1 atom stereocenters. The summed E-state index contributed by atoms with van der Waals surface area (Å²) in [4.78, 5) is 8.57. The van der Waals surface area contributed by atoms with Crippen LogP contribution in [0.4, 0.5) is 0 Å². The van der Waals surface area contributed by atoms with Crippen molar-refractivity contribution in [2.45, 2.75) is 18.2 Å². The van der Waals surface area contributed by atoms with Crippen molar-refractivity contribution < 1.29 is 27.4 Å². The first-order valence-electron chi connectivity index (χ1n) is 4.00. The highest BCUT2D eigenvalue weighted by Crippen LogP contribution is 2.28. The van der Waals surface area contributed by atoms with E-state index in [1.54, 1.807) is 0 Å². The molecule has 0 aliphatic heterocycles. The predicted octanol–water partition coefficient (Wildman–Crippen LogP) is -1.56. The van der Waals surface area contributed by atoms with Crippen LogP contribution in [0.2, 0.25) is 0 Å². The van der Waals surface area contributed by atoms with Gasteiger partial charge in [-0.15, -0.1) is 0 Å². The Balaban J connectivity index is 5.85. The minimum absolute atomic E-state index is 0.266. The average molecular weight is 225 g/mol. The van der Waals surface area contributed by atoms with Gasteiger partial charge >= 0.3 is 10.1 Å². The second-order valence-electron chi connectivity index (χ2n) is 3.91. The SMILES string of the molecule is CCC(C(=O)[O-])([N+](C)(C)C)S(=O)(=O)O. The second-order valence-corrected chi connectivity index (χ2v) is 5.54. The fourth-order valence-corrected chi connectivity index (χ4v) is 2.79. The summed E-state index contributed by atoms with van der Waals surface area (Å²) in [6.07, 6.45) is -0.266. The molecular weight excluding hydrogens is 210 g/mol. The Kier molecular flexibility index (Phi) is 3.32. The van der Waals surface area contributed by atoms with E-state index in [1.165, 1.54) is 28.1 Å². The van der Waals surface area contributed by atoms with Crippen LogP contribution in [0.5, 0.6) is 0 Å². The third-order valence-corrected chi connectivity index (χ3v) is 4.17. The van der Waals surface area contributed by atoms with E-state index in [0.717, 1.165) is 0 Å². The fraction of sp³-hybridized carbons (Fsp3) is 0.857. The number of likely N-dealkylation sites (N-methyl/N-ethyl adjacent to an activating group) is 1. The van der Waals surface area contributed by atoms with Gasteiger partial charge in [0.25, 0.3) is 4.87 Å². The Morgan fingerprint density at radius 3 is 1.79 bits per heavy atom. The first kappa shape index (κ1) is 13.3. The molecule has 0 aromatic carbocycles. The topological polar surface area (TPSA) is 94.5 Å². The molecule has 0 amide bonds. The van der Waals surface area contributed by atoms with Gasteiger partial charge in [-0.3, -0.25) is 4.55 Å². The Bertz CT molecular complexity index is 328. The van der Waals surface area contributed by atoms with Crippen molar-refractivity contribution in [3.63, 3.8) is 0 Å². The molecule has 0 heterocycles.